The Bertz CT molecular complexity index is 3220. The van der Waals surface area contributed by atoms with Crippen molar-refractivity contribution in [3.05, 3.63) is 212 Å². The molecule has 0 unspecified atom stereocenters. The molecule has 2 nitrogen and oxygen atoms in total. The molecule has 0 aliphatic carbocycles. The first-order valence-electron chi connectivity index (χ1n) is 19.2. The van der Waals surface area contributed by atoms with E-state index in [0.29, 0.717) is 0 Å². The van der Waals surface area contributed by atoms with Crippen LogP contribution >= 0.6 is 0 Å². The third kappa shape index (κ3) is 5.34. The van der Waals surface area contributed by atoms with Crippen molar-refractivity contribution in [2.24, 2.45) is 0 Å². The van der Waals surface area contributed by atoms with Crippen molar-refractivity contribution < 1.29 is 4.42 Å². The van der Waals surface area contributed by atoms with E-state index >= 15 is 0 Å². The lowest BCUT2D eigenvalue weighted by atomic mass is 9.90. The number of para-hydroxylation sites is 1. The molecule has 0 aliphatic rings. The minimum absolute atomic E-state index is 0.918. The fourth-order valence-electron chi connectivity index (χ4n) is 8.58. The van der Waals surface area contributed by atoms with Gasteiger partial charge in [-0.15, -0.1) is 0 Å². The van der Waals surface area contributed by atoms with Gasteiger partial charge in [0.15, 0.2) is 0 Å². The van der Waals surface area contributed by atoms with Crippen LogP contribution in [0.2, 0.25) is 0 Å². The molecule has 0 bridgehead atoms. The number of benzene rings is 10. The minimum atomic E-state index is 0.918. The van der Waals surface area contributed by atoms with Crippen LogP contribution in [0.25, 0.3) is 87.6 Å². The SMILES string of the molecule is c1ccc(-c2ccc(N(c3ccc(-c4ccc5c6ccccc6c6c(ccc7oc8ccccc8c76)c5c4)cc3)c3cccc(-c4ccccc4)c3)cc2)cc1. The van der Waals surface area contributed by atoms with E-state index in [0.717, 1.165) is 33.6 Å². The summed E-state index contributed by atoms with van der Waals surface area (Å²) < 4.78 is 6.36. The standard InChI is InChI=1S/C54H35NO/c1-3-12-36(13-4-1)38-22-27-42(28-23-38)55(44-17-11-16-40(34-44)37-14-5-2-6-15-37)43-29-24-39(25-30-43)41-26-31-46-45-18-7-8-19-47(45)53-48(50(46)35-41)32-33-52-54(53)49-20-9-10-21-51(49)56-52/h1-35H. The molecule has 0 spiro atoms. The molecule has 0 fully saturated rings. The molecule has 1 aromatic heterocycles. The molecule has 2 heteroatoms. The molecular formula is C54H35NO. The maximum atomic E-state index is 6.36. The highest BCUT2D eigenvalue weighted by Crippen LogP contribution is 2.44. The summed E-state index contributed by atoms with van der Waals surface area (Å²) in [6.45, 7) is 0. The number of rotatable bonds is 6. The lowest BCUT2D eigenvalue weighted by Gasteiger charge is -2.26. The van der Waals surface area contributed by atoms with Gasteiger partial charge in [0.25, 0.3) is 0 Å². The van der Waals surface area contributed by atoms with E-state index < -0.39 is 0 Å². The molecule has 11 aromatic rings. The highest BCUT2D eigenvalue weighted by atomic mass is 16.3. The Labute approximate surface area is 325 Å². The van der Waals surface area contributed by atoms with Crippen LogP contribution in [0.15, 0.2) is 217 Å². The largest absolute Gasteiger partial charge is 0.456 e. The van der Waals surface area contributed by atoms with Crippen LogP contribution in [0, 0.1) is 0 Å². The van der Waals surface area contributed by atoms with Gasteiger partial charge in [-0.25, -0.2) is 0 Å². The fourth-order valence-corrected chi connectivity index (χ4v) is 8.58. The lowest BCUT2D eigenvalue weighted by Crippen LogP contribution is -2.10. The maximum Gasteiger partial charge on any atom is 0.136 e. The quantitative estimate of drug-likeness (QED) is 0.160. The van der Waals surface area contributed by atoms with Crippen molar-refractivity contribution in [2.75, 3.05) is 4.90 Å². The summed E-state index contributed by atoms with van der Waals surface area (Å²) in [5, 5.41) is 9.81. The van der Waals surface area contributed by atoms with E-state index in [4.69, 9.17) is 4.42 Å². The molecule has 1 heterocycles. The van der Waals surface area contributed by atoms with Crippen LogP contribution in [-0.2, 0) is 0 Å². The summed E-state index contributed by atoms with van der Waals surface area (Å²) in [6, 6.07) is 76.4. The zero-order valence-electron chi connectivity index (χ0n) is 30.6. The molecule has 262 valence electrons. The minimum Gasteiger partial charge on any atom is -0.456 e. The number of hydrogen-bond acceptors (Lipinski definition) is 2. The second kappa shape index (κ2) is 13.2. The van der Waals surface area contributed by atoms with E-state index in [1.165, 1.54) is 71.1 Å². The first-order valence-corrected chi connectivity index (χ1v) is 19.2. The Balaban J connectivity index is 1.04. The van der Waals surface area contributed by atoms with Crippen molar-refractivity contribution in [2.45, 2.75) is 0 Å². The lowest BCUT2D eigenvalue weighted by molar-refractivity contribution is 0.669. The second-order valence-electron chi connectivity index (χ2n) is 14.5. The Hall–Kier alpha value is -7.42. The number of furan rings is 1. The summed E-state index contributed by atoms with van der Waals surface area (Å²) in [5.74, 6) is 0. The second-order valence-corrected chi connectivity index (χ2v) is 14.5. The number of anilines is 3. The molecule has 10 aromatic carbocycles. The van der Waals surface area contributed by atoms with Crippen LogP contribution in [-0.4, -0.2) is 0 Å². The summed E-state index contributed by atoms with van der Waals surface area (Å²) in [6.07, 6.45) is 0. The van der Waals surface area contributed by atoms with Gasteiger partial charge in [0, 0.05) is 33.2 Å². The van der Waals surface area contributed by atoms with Crippen molar-refractivity contribution >= 4 is 71.3 Å². The topological polar surface area (TPSA) is 16.4 Å². The Morgan fingerprint density at radius 3 is 1.45 bits per heavy atom. The van der Waals surface area contributed by atoms with E-state index in [2.05, 4.69) is 211 Å². The van der Waals surface area contributed by atoms with Gasteiger partial charge in [0.1, 0.15) is 11.2 Å². The zero-order valence-corrected chi connectivity index (χ0v) is 30.6. The van der Waals surface area contributed by atoms with Gasteiger partial charge in [-0.3, -0.25) is 0 Å². The van der Waals surface area contributed by atoms with Crippen molar-refractivity contribution in [1.82, 2.24) is 0 Å². The first-order chi connectivity index (χ1) is 27.8. The van der Waals surface area contributed by atoms with Crippen LogP contribution in [0.3, 0.4) is 0 Å². The van der Waals surface area contributed by atoms with Crippen LogP contribution in [0.5, 0.6) is 0 Å². The summed E-state index contributed by atoms with van der Waals surface area (Å²) >= 11 is 0. The van der Waals surface area contributed by atoms with Gasteiger partial charge < -0.3 is 9.32 Å². The molecule has 0 atom stereocenters. The highest BCUT2D eigenvalue weighted by molar-refractivity contribution is 6.34. The van der Waals surface area contributed by atoms with E-state index in [1.54, 1.807) is 0 Å². The maximum absolute atomic E-state index is 6.36. The average Bonchev–Trinajstić information content (AvgIpc) is 3.67. The molecular weight excluding hydrogens is 679 g/mol. The fraction of sp³-hybridized carbons (Fsp3) is 0. The molecule has 11 rings (SSSR count). The van der Waals surface area contributed by atoms with Crippen LogP contribution in [0.1, 0.15) is 0 Å². The highest BCUT2D eigenvalue weighted by Gasteiger charge is 2.18. The third-order valence-corrected chi connectivity index (χ3v) is 11.2. The number of fused-ring (bicyclic) bond motifs is 10. The molecule has 0 aliphatic heterocycles. The van der Waals surface area contributed by atoms with E-state index in [-0.39, 0.29) is 0 Å². The first kappa shape index (κ1) is 32.0. The van der Waals surface area contributed by atoms with Gasteiger partial charge in [0.05, 0.1) is 0 Å². The zero-order chi connectivity index (χ0) is 37.0. The predicted molar refractivity (Wildman–Crippen MR) is 237 cm³/mol. The van der Waals surface area contributed by atoms with Crippen LogP contribution in [0.4, 0.5) is 17.1 Å². The summed E-state index contributed by atoms with van der Waals surface area (Å²) in [4.78, 5) is 2.35. The van der Waals surface area contributed by atoms with Gasteiger partial charge >= 0.3 is 0 Å². The Morgan fingerprint density at radius 2 is 0.732 bits per heavy atom. The molecule has 0 N–H and O–H groups in total. The van der Waals surface area contributed by atoms with E-state index in [9.17, 15) is 0 Å². The van der Waals surface area contributed by atoms with Gasteiger partial charge in [0.2, 0.25) is 0 Å². The summed E-state index contributed by atoms with van der Waals surface area (Å²) in [5.41, 5.74) is 12.3. The normalized spacial score (nSPS) is 11.6. The van der Waals surface area contributed by atoms with Gasteiger partial charge in [-0.1, -0.05) is 152 Å². The monoisotopic (exact) mass is 713 g/mol. The van der Waals surface area contributed by atoms with E-state index in [1.807, 2.05) is 6.07 Å². The van der Waals surface area contributed by atoms with Crippen molar-refractivity contribution in [3.63, 3.8) is 0 Å². The molecule has 0 radical (unpaired) electrons. The van der Waals surface area contributed by atoms with Crippen molar-refractivity contribution in [3.8, 4) is 33.4 Å². The molecule has 0 saturated heterocycles. The van der Waals surface area contributed by atoms with Gasteiger partial charge in [-0.2, -0.15) is 0 Å². The predicted octanol–water partition coefficient (Wildman–Crippen LogP) is 15.5. The number of hydrogen-bond donors (Lipinski definition) is 0. The smallest absolute Gasteiger partial charge is 0.136 e. The molecule has 0 amide bonds. The Morgan fingerprint density at radius 1 is 0.250 bits per heavy atom. The average molecular weight is 714 g/mol. The molecule has 0 saturated carbocycles. The van der Waals surface area contributed by atoms with Gasteiger partial charge in [-0.05, 0) is 121 Å². The van der Waals surface area contributed by atoms with Crippen LogP contribution < -0.4 is 4.90 Å². The third-order valence-electron chi connectivity index (χ3n) is 11.2. The summed E-state index contributed by atoms with van der Waals surface area (Å²) in [7, 11) is 0. The molecule has 56 heavy (non-hydrogen) atoms. The number of nitrogens with zero attached hydrogens (tertiary/aromatic N) is 1. The Kier molecular flexibility index (Phi) is 7.53. The van der Waals surface area contributed by atoms with Crippen molar-refractivity contribution in [1.29, 1.82) is 0 Å².